The summed E-state index contributed by atoms with van der Waals surface area (Å²) in [4.78, 5) is 12.1. The van der Waals surface area contributed by atoms with Crippen molar-refractivity contribution in [3.8, 4) is 22.6 Å². The van der Waals surface area contributed by atoms with Gasteiger partial charge in [0.1, 0.15) is 17.1 Å². The molecule has 4 heteroatoms. The van der Waals surface area contributed by atoms with Crippen LogP contribution in [0.25, 0.3) is 22.1 Å². The Morgan fingerprint density at radius 3 is 2.40 bits per heavy atom. The minimum Gasteiger partial charge on any atom is -0.508 e. The van der Waals surface area contributed by atoms with Crippen LogP contribution in [0.15, 0.2) is 51.7 Å². The van der Waals surface area contributed by atoms with Crippen molar-refractivity contribution in [3.05, 3.63) is 58.4 Å². The van der Waals surface area contributed by atoms with Crippen LogP contribution in [0.3, 0.4) is 0 Å². The number of para-hydroxylation sites is 1. The van der Waals surface area contributed by atoms with Gasteiger partial charge in [0.15, 0.2) is 0 Å². The number of aryl methyl sites for hydroxylation is 1. The molecular formula is C16H12O4. The maximum atomic E-state index is 12.1. The zero-order chi connectivity index (χ0) is 14.3. The number of fused-ring (bicyclic) bond motifs is 1. The number of hydrogen-bond donors (Lipinski definition) is 2. The molecule has 0 radical (unpaired) electrons. The highest BCUT2D eigenvalue weighted by molar-refractivity contribution is 5.84. The van der Waals surface area contributed by atoms with Gasteiger partial charge in [0.2, 0.25) is 0 Å². The van der Waals surface area contributed by atoms with E-state index in [0.717, 1.165) is 10.9 Å². The van der Waals surface area contributed by atoms with Crippen molar-refractivity contribution in [1.82, 2.24) is 0 Å². The molecule has 1 aromatic heterocycles. The Kier molecular flexibility index (Phi) is 2.71. The van der Waals surface area contributed by atoms with Gasteiger partial charge in [-0.05, 0) is 36.2 Å². The highest BCUT2D eigenvalue weighted by atomic mass is 16.4. The van der Waals surface area contributed by atoms with Crippen molar-refractivity contribution in [2.75, 3.05) is 0 Å². The Balaban J connectivity index is 2.31. The van der Waals surface area contributed by atoms with Crippen molar-refractivity contribution in [3.63, 3.8) is 0 Å². The van der Waals surface area contributed by atoms with Gasteiger partial charge in [0, 0.05) is 11.5 Å². The van der Waals surface area contributed by atoms with Crippen molar-refractivity contribution in [2.45, 2.75) is 6.92 Å². The van der Waals surface area contributed by atoms with E-state index in [-0.39, 0.29) is 11.5 Å². The van der Waals surface area contributed by atoms with Crippen LogP contribution >= 0.6 is 0 Å². The fourth-order valence-electron chi connectivity index (χ4n) is 2.24. The van der Waals surface area contributed by atoms with Crippen LogP contribution in [0.2, 0.25) is 0 Å². The van der Waals surface area contributed by atoms with E-state index in [0.29, 0.717) is 16.7 Å². The van der Waals surface area contributed by atoms with Crippen molar-refractivity contribution >= 4 is 11.0 Å². The van der Waals surface area contributed by atoms with E-state index in [4.69, 9.17) is 4.42 Å². The Morgan fingerprint density at radius 1 is 1.00 bits per heavy atom. The van der Waals surface area contributed by atoms with Crippen LogP contribution in [0.1, 0.15) is 5.56 Å². The monoisotopic (exact) mass is 268 g/mol. The molecule has 1 heterocycles. The lowest BCUT2D eigenvalue weighted by Gasteiger charge is -2.05. The number of rotatable bonds is 1. The molecule has 0 atom stereocenters. The van der Waals surface area contributed by atoms with Crippen LogP contribution in [0.4, 0.5) is 0 Å². The van der Waals surface area contributed by atoms with E-state index < -0.39 is 5.63 Å². The minimum absolute atomic E-state index is 0.108. The van der Waals surface area contributed by atoms with E-state index in [9.17, 15) is 15.0 Å². The van der Waals surface area contributed by atoms with Crippen LogP contribution in [0.5, 0.6) is 11.5 Å². The van der Waals surface area contributed by atoms with Crippen molar-refractivity contribution in [2.24, 2.45) is 0 Å². The van der Waals surface area contributed by atoms with Gasteiger partial charge in [-0.1, -0.05) is 18.2 Å². The predicted octanol–water partition coefficient (Wildman–Crippen LogP) is 3.18. The number of hydrogen-bond acceptors (Lipinski definition) is 4. The van der Waals surface area contributed by atoms with Gasteiger partial charge < -0.3 is 14.6 Å². The van der Waals surface area contributed by atoms with Gasteiger partial charge in [-0.25, -0.2) is 4.79 Å². The molecule has 0 aliphatic carbocycles. The zero-order valence-electron chi connectivity index (χ0n) is 10.8. The average Bonchev–Trinajstić information content (AvgIpc) is 2.38. The summed E-state index contributed by atoms with van der Waals surface area (Å²) in [5.41, 5.74) is 1.64. The topological polar surface area (TPSA) is 70.7 Å². The summed E-state index contributed by atoms with van der Waals surface area (Å²) in [5.74, 6) is -0.215. The molecule has 0 bridgehead atoms. The van der Waals surface area contributed by atoms with Crippen LogP contribution in [0, 0.1) is 6.92 Å². The summed E-state index contributed by atoms with van der Waals surface area (Å²) < 4.78 is 5.34. The van der Waals surface area contributed by atoms with Crippen molar-refractivity contribution < 1.29 is 14.6 Å². The third-order valence-electron chi connectivity index (χ3n) is 3.17. The van der Waals surface area contributed by atoms with Gasteiger partial charge in [-0.3, -0.25) is 0 Å². The van der Waals surface area contributed by atoms with Gasteiger partial charge >= 0.3 is 5.63 Å². The first-order chi connectivity index (χ1) is 9.54. The molecule has 3 aromatic rings. The molecule has 4 nitrogen and oxygen atoms in total. The first kappa shape index (κ1) is 12.3. The van der Waals surface area contributed by atoms with Gasteiger partial charge in [-0.2, -0.15) is 0 Å². The minimum atomic E-state index is -0.503. The summed E-state index contributed by atoms with van der Waals surface area (Å²) in [5, 5.41) is 19.8. The molecule has 100 valence electrons. The summed E-state index contributed by atoms with van der Waals surface area (Å²) in [6.07, 6.45) is 0. The van der Waals surface area contributed by atoms with Crippen LogP contribution in [-0.2, 0) is 0 Å². The van der Waals surface area contributed by atoms with Crippen LogP contribution < -0.4 is 5.63 Å². The van der Waals surface area contributed by atoms with E-state index in [1.54, 1.807) is 6.07 Å². The quantitative estimate of drug-likeness (QED) is 0.665. The first-order valence-corrected chi connectivity index (χ1v) is 6.11. The molecule has 20 heavy (non-hydrogen) atoms. The lowest BCUT2D eigenvalue weighted by Crippen LogP contribution is -2.03. The second-order valence-electron chi connectivity index (χ2n) is 4.68. The summed E-state index contributed by atoms with van der Waals surface area (Å²) in [7, 11) is 0. The fraction of sp³-hybridized carbons (Fsp3) is 0.0625. The Hall–Kier alpha value is -2.75. The molecular weight excluding hydrogens is 256 g/mol. The van der Waals surface area contributed by atoms with E-state index in [2.05, 4.69) is 0 Å². The second kappa shape index (κ2) is 4.42. The SMILES string of the molecule is Cc1cccc2cc(-c3cc(O)cc(O)c3)c(=O)oc12. The number of phenolic OH excluding ortho intramolecular Hbond substituents is 2. The Labute approximate surface area is 114 Å². The molecule has 2 N–H and O–H groups in total. The van der Waals surface area contributed by atoms with E-state index >= 15 is 0 Å². The van der Waals surface area contributed by atoms with Crippen LogP contribution in [-0.4, -0.2) is 10.2 Å². The van der Waals surface area contributed by atoms with E-state index in [1.807, 2.05) is 25.1 Å². The zero-order valence-corrected chi connectivity index (χ0v) is 10.8. The van der Waals surface area contributed by atoms with Gasteiger partial charge in [-0.15, -0.1) is 0 Å². The third kappa shape index (κ3) is 2.01. The molecule has 0 aliphatic rings. The second-order valence-corrected chi connectivity index (χ2v) is 4.68. The Morgan fingerprint density at radius 2 is 1.70 bits per heavy atom. The first-order valence-electron chi connectivity index (χ1n) is 6.11. The molecule has 0 saturated heterocycles. The lowest BCUT2D eigenvalue weighted by molar-refractivity contribution is 0.451. The number of benzene rings is 2. The predicted molar refractivity (Wildman–Crippen MR) is 76.0 cm³/mol. The molecule has 3 rings (SSSR count). The molecule has 0 amide bonds. The maximum Gasteiger partial charge on any atom is 0.344 e. The molecule has 0 fully saturated rings. The summed E-state index contributed by atoms with van der Waals surface area (Å²) in [6.45, 7) is 1.87. The third-order valence-corrected chi connectivity index (χ3v) is 3.17. The smallest absolute Gasteiger partial charge is 0.344 e. The molecule has 0 saturated carbocycles. The summed E-state index contributed by atoms with van der Waals surface area (Å²) >= 11 is 0. The average molecular weight is 268 g/mol. The molecule has 0 spiro atoms. The number of phenols is 2. The maximum absolute atomic E-state index is 12.1. The normalized spacial score (nSPS) is 10.8. The molecule has 0 aliphatic heterocycles. The number of aromatic hydroxyl groups is 2. The highest BCUT2D eigenvalue weighted by Crippen LogP contribution is 2.28. The van der Waals surface area contributed by atoms with Gasteiger partial charge in [0.25, 0.3) is 0 Å². The van der Waals surface area contributed by atoms with Gasteiger partial charge in [0.05, 0.1) is 5.56 Å². The fourth-order valence-corrected chi connectivity index (χ4v) is 2.24. The lowest BCUT2D eigenvalue weighted by atomic mass is 10.0. The molecule has 2 aromatic carbocycles. The Bertz CT molecular complexity index is 842. The largest absolute Gasteiger partial charge is 0.508 e. The van der Waals surface area contributed by atoms with E-state index in [1.165, 1.54) is 18.2 Å². The standard InChI is InChI=1S/C16H12O4/c1-9-3-2-4-10-7-14(16(19)20-15(9)10)11-5-12(17)8-13(18)6-11/h2-8,17-18H,1H3. The molecule has 0 unspecified atom stereocenters. The summed E-state index contributed by atoms with van der Waals surface area (Å²) in [6, 6.07) is 11.3. The highest BCUT2D eigenvalue weighted by Gasteiger charge is 2.10. The van der Waals surface area contributed by atoms with Crippen molar-refractivity contribution in [1.29, 1.82) is 0 Å².